The summed E-state index contributed by atoms with van der Waals surface area (Å²) in [5.74, 6) is 1.22. The SMILES string of the molecule is COCCn1nnnc1[C@@H](C(C)C)[NH+](Cc1ccccc1)Cc1ccccc1Cl. The van der Waals surface area contributed by atoms with Crippen LogP contribution in [-0.2, 0) is 24.4 Å². The number of aromatic nitrogens is 4. The van der Waals surface area contributed by atoms with Gasteiger partial charge in [0.1, 0.15) is 13.1 Å². The Kier molecular flexibility index (Phi) is 7.75. The van der Waals surface area contributed by atoms with Crippen LogP contribution in [0.2, 0.25) is 5.02 Å². The summed E-state index contributed by atoms with van der Waals surface area (Å²) in [5.41, 5.74) is 2.40. The minimum atomic E-state index is 0.110. The van der Waals surface area contributed by atoms with Crippen molar-refractivity contribution in [1.29, 1.82) is 0 Å². The van der Waals surface area contributed by atoms with E-state index < -0.39 is 0 Å². The highest BCUT2D eigenvalue weighted by Gasteiger charge is 2.33. The fourth-order valence-corrected chi connectivity index (χ4v) is 3.95. The van der Waals surface area contributed by atoms with Crippen molar-refractivity contribution in [2.75, 3.05) is 13.7 Å². The second-order valence-corrected chi connectivity index (χ2v) is 7.97. The van der Waals surface area contributed by atoms with Crippen molar-refractivity contribution in [2.45, 2.75) is 39.5 Å². The number of quaternary nitrogens is 1. The Morgan fingerprint density at radius 3 is 2.45 bits per heavy atom. The maximum Gasteiger partial charge on any atom is 0.209 e. The van der Waals surface area contributed by atoms with E-state index in [0.29, 0.717) is 19.1 Å². The molecular weight excluding hydrogens is 386 g/mol. The van der Waals surface area contributed by atoms with Crippen LogP contribution in [-0.4, -0.2) is 33.9 Å². The number of benzene rings is 2. The second-order valence-electron chi connectivity index (χ2n) is 7.56. The Morgan fingerprint density at radius 1 is 1.03 bits per heavy atom. The van der Waals surface area contributed by atoms with Gasteiger partial charge in [0.2, 0.25) is 5.82 Å². The lowest BCUT2D eigenvalue weighted by molar-refractivity contribution is -0.962. The molecule has 0 amide bonds. The molecule has 0 aliphatic carbocycles. The van der Waals surface area contributed by atoms with E-state index in [0.717, 1.165) is 29.5 Å². The first-order valence-electron chi connectivity index (χ1n) is 9.97. The fraction of sp³-hybridized carbons (Fsp3) is 0.409. The Bertz CT molecular complexity index is 884. The first-order chi connectivity index (χ1) is 14.1. The third-order valence-electron chi connectivity index (χ3n) is 5.10. The normalized spacial score (nSPS) is 13.6. The van der Waals surface area contributed by atoms with E-state index in [9.17, 15) is 0 Å². The van der Waals surface area contributed by atoms with Gasteiger partial charge in [0.15, 0.2) is 6.04 Å². The molecule has 6 nitrogen and oxygen atoms in total. The molecule has 7 heteroatoms. The zero-order chi connectivity index (χ0) is 20.6. The van der Waals surface area contributed by atoms with Gasteiger partial charge in [-0.2, -0.15) is 0 Å². The van der Waals surface area contributed by atoms with Gasteiger partial charge in [-0.1, -0.05) is 74.0 Å². The molecule has 2 aromatic carbocycles. The van der Waals surface area contributed by atoms with Crippen LogP contribution in [0.3, 0.4) is 0 Å². The quantitative estimate of drug-likeness (QED) is 0.554. The standard InChI is InChI=1S/C22H28ClN5O/c1-17(2)21(22-24-25-26-28(22)13-14-29-3)27(15-18-9-5-4-6-10-18)16-19-11-7-8-12-20(19)23/h4-12,17,21H,13-16H2,1-3H3/p+1/t21-/m1/s1. The van der Waals surface area contributed by atoms with Crippen LogP contribution in [0.4, 0.5) is 0 Å². The van der Waals surface area contributed by atoms with Crippen LogP contribution in [0.5, 0.6) is 0 Å². The number of hydrogen-bond donors (Lipinski definition) is 1. The van der Waals surface area contributed by atoms with E-state index in [1.807, 2.05) is 28.9 Å². The summed E-state index contributed by atoms with van der Waals surface area (Å²) in [4.78, 5) is 1.35. The minimum Gasteiger partial charge on any atom is -0.383 e. The number of hydrogen-bond acceptors (Lipinski definition) is 4. The maximum absolute atomic E-state index is 6.50. The largest absolute Gasteiger partial charge is 0.383 e. The molecule has 3 aromatic rings. The number of halogens is 1. The van der Waals surface area contributed by atoms with E-state index in [1.165, 1.54) is 10.5 Å². The predicted molar refractivity (Wildman–Crippen MR) is 114 cm³/mol. The van der Waals surface area contributed by atoms with Gasteiger partial charge in [-0.15, -0.1) is 5.10 Å². The third-order valence-corrected chi connectivity index (χ3v) is 5.47. The molecule has 0 saturated heterocycles. The van der Waals surface area contributed by atoms with Crippen LogP contribution in [0.15, 0.2) is 54.6 Å². The summed E-state index contributed by atoms with van der Waals surface area (Å²) in [6, 6.07) is 18.7. The van der Waals surface area contributed by atoms with Gasteiger partial charge >= 0.3 is 0 Å². The topological polar surface area (TPSA) is 57.3 Å². The van der Waals surface area contributed by atoms with Gasteiger partial charge in [0.05, 0.1) is 13.2 Å². The Balaban J connectivity index is 1.97. The van der Waals surface area contributed by atoms with Crippen molar-refractivity contribution in [1.82, 2.24) is 20.2 Å². The van der Waals surface area contributed by atoms with Gasteiger partial charge in [0.25, 0.3) is 0 Å². The zero-order valence-corrected chi connectivity index (χ0v) is 18.0. The number of nitrogens with one attached hydrogen (secondary N) is 1. The molecule has 0 spiro atoms. The molecule has 1 N–H and O–H groups in total. The first-order valence-corrected chi connectivity index (χ1v) is 10.3. The fourth-order valence-electron chi connectivity index (χ4n) is 3.75. The molecule has 29 heavy (non-hydrogen) atoms. The number of tetrazole rings is 1. The van der Waals surface area contributed by atoms with Crippen LogP contribution in [0.25, 0.3) is 0 Å². The molecule has 0 bridgehead atoms. The summed E-state index contributed by atoms with van der Waals surface area (Å²) >= 11 is 6.50. The second kappa shape index (κ2) is 10.5. The summed E-state index contributed by atoms with van der Waals surface area (Å²) < 4.78 is 7.10. The van der Waals surface area contributed by atoms with Crippen LogP contribution in [0, 0.1) is 5.92 Å². The lowest BCUT2D eigenvalue weighted by Crippen LogP contribution is -3.10. The lowest BCUT2D eigenvalue weighted by atomic mass is 9.99. The Labute approximate surface area is 177 Å². The number of rotatable bonds is 10. The molecule has 1 heterocycles. The highest BCUT2D eigenvalue weighted by molar-refractivity contribution is 6.31. The van der Waals surface area contributed by atoms with Gasteiger partial charge < -0.3 is 9.64 Å². The molecule has 3 rings (SSSR count). The summed E-state index contributed by atoms with van der Waals surface area (Å²) in [7, 11) is 1.69. The van der Waals surface area contributed by atoms with Gasteiger partial charge in [-0.3, -0.25) is 0 Å². The molecule has 154 valence electrons. The van der Waals surface area contributed by atoms with Crippen molar-refractivity contribution < 1.29 is 9.64 Å². The van der Waals surface area contributed by atoms with E-state index in [4.69, 9.17) is 16.3 Å². The lowest BCUT2D eigenvalue weighted by Gasteiger charge is -2.31. The average molecular weight is 415 g/mol. The molecule has 1 aromatic heterocycles. The molecule has 0 aliphatic heterocycles. The predicted octanol–water partition coefficient (Wildman–Crippen LogP) is 2.96. The summed E-state index contributed by atoms with van der Waals surface area (Å²) in [5, 5.41) is 13.4. The molecule has 1 unspecified atom stereocenters. The Hall–Kier alpha value is -2.28. The number of ether oxygens (including phenoxy) is 1. The first kappa shape index (κ1) is 21.4. The smallest absolute Gasteiger partial charge is 0.209 e. The molecule has 0 fully saturated rings. The van der Waals surface area contributed by atoms with Crippen LogP contribution in [0.1, 0.15) is 36.8 Å². The maximum atomic E-state index is 6.50. The minimum absolute atomic E-state index is 0.110. The van der Waals surface area contributed by atoms with Crippen LogP contribution >= 0.6 is 11.6 Å². The molecule has 2 atom stereocenters. The van der Waals surface area contributed by atoms with Crippen molar-refractivity contribution in [2.24, 2.45) is 5.92 Å². The average Bonchev–Trinajstić information content (AvgIpc) is 3.16. The molecule has 0 aliphatic rings. The van der Waals surface area contributed by atoms with Crippen molar-refractivity contribution in [3.8, 4) is 0 Å². The van der Waals surface area contributed by atoms with Gasteiger partial charge in [0, 0.05) is 29.2 Å². The van der Waals surface area contributed by atoms with E-state index >= 15 is 0 Å². The summed E-state index contributed by atoms with van der Waals surface area (Å²) in [6.45, 7) is 7.28. The number of methoxy groups -OCH3 is 1. The zero-order valence-electron chi connectivity index (χ0n) is 17.3. The Morgan fingerprint density at radius 2 is 1.76 bits per heavy atom. The van der Waals surface area contributed by atoms with Crippen molar-refractivity contribution >= 4 is 11.6 Å². The summed E-state index contributed by atoms with van der Waals surface area (Å²) in [6.07, 6.45) is 0. The highest BCUT2D eigenvalue weighted by atomic mass is 35.5. The van der Waals surface area contributed by atoms with Crippen LogP contribution < -0.4 is 4.90 Å². The molecule has 0 saturated carbocycles. The van der Waals surface area contributed by atoms with E-state index in [1.54, 1.807) is 7.11 Å². The van der Waals surface area contributed by atoms with E-state index in [2.05, 4.69) is 59.7 Å². The highest BCUT2D eigenvalue weighted by Crippen LogP contribution is 2.19. The number of nitrogens with zero attached hydrogens (tertiary/aromatic N) is 4. The van der Waals surface area contributed by atoms with Gasteiger partial charge in [-0.05, 0) is 16.5 Å². The van der Waals surface area contributed by atoms with E-state index in [-0.39, 0.29) is 6.04 Å². The van der Waals surface area contributed by atoms with Crippen molar-refractivity contribution in [3.05, 3.63) is 76.6 Å². The molecule has 0 radical (unpaired) electrons. The molecular formula is C22H29ClN5O+. The van der Waals surface area contributed by atoms with Gasteiger partial charge in [-0.25, -0.2) is 4.68 Å². The monoisotopic (exact) mass is 414 g/mol. The third kappa shape index (κ3) is 5.63. The van der Waals surface area contributed by atoms with Crippen molar-refractivity contribution in [3.63, 3.8) is 0 Å².